The van der Waals surface area contributed by atoms with Crippen molar-refractivity contribution in [2.24, 2.45) is 0 Å². The highest BCUT2D eigenvalue weighted by Gasteiger charge is 2.16. The van der Waals surface area contributed by atoms with Crippen LogP contribution in [0.1, 0.15) is 13.8 Å². The van der Waals surface area contributed by atoms with Crippen molar-refractivity contribution in [1.82, 2.24) is 0 Å². The van der Waals surface area contributed by atoms with Crippen LogP contribution in [0.5, 0.6) is 0 Å². The molecule has 4 aromatic rings. The summed E-state index contributed by atoms with van der Waals surface area (Å²) < 4.78 is 10.7. The molecule has 0 bridgehead atoms. The molecular formula is C18H12O4. The Morgan fingerprint density at radius 2 is 1.41 bits per heavy atom. The molecule has 0 aliphatic carbocycles. The Kier molecular flexibility index (Phi) is 2.51. The van der Waals surface area contributed by atoms with Crippen molar-refractivity contribution < 1.29 is 8.83 Å². The van der Waals surface area contributed by atoms with Crippen LogP contribution in [0.25, 0.3) is 44.7 Å². The summed E-state index contributed by atoms with van der Waals surface area (Å²) in [5.41, 5.74) is 0.194. The highest BCUT2D eigenvalue weighted by molar-refractivity contribution is 6.21. The minimum atomic E-state index is -0.611. The van der Waals surface area contributed by atoms with E-state index in [-0.39, 0.29) is 0 Å². The second-order valence-electron chi connectivity index (χ2n) is 5.16. The van der Waals surface area contributed by atoms with Gasteiger partial charge in [-0.15, -0.1) is 0 Å². The van der Waals surface area contributed by atoms with Gasteiger partial charge in [-0.2, -0.15) is 0 Å². The van der Waals surface area contributed by atoms with Crippen LogP contribution < -0.4 is 21.9 Å². The summed E-state index contributed by atoms with van der Waals surface area (Å²) in [6.45, 7) is 3.84. The Morgan fingerprint density at radius 1 is 0.773 bits per heavy atom. The molecule has 4 nitrogen and oxygen atoms in total. The molecule has 0 amide bonds. The normalized spacial score (nSPS) is 13.9. The Hall–Kier alpha value is -2.88. The summed E-state index contributed by atoms with van der Waals surface area (Å²) in [6, 6.07) is 6.98. The van der Waals surface area contributed by atoms with Gasteiger partial charge in [0.1, 0.15) is 11.0 Å². The molecule has 2 aromatic carbocycles. The lowest BCUT2D eigenvalue weighted by Crippen LogP contribution is -2.25. The molecule has 22 heavy (non-hydrogen) atoms. The van der Waals surface area contributed by atoms with E-state index in [1.54, 1.807) is 18.2 Å². The minimum Gasteiger partial charge on any atom is -0.456 e. The van der Waals surface area contributed by atoms with E-state index in [2.05, 4.69) is 0 Å². The molecule has 108 valence electrons. The van der Waals surface area contributed by atoms with E-state index in [0.717, 1.165) is 21.4 Å². The van der Waals surface area contributed by atoms with Crippen molar-refractivity contribution in [3.63, 3.8) is 0 Å². The quantitative estimate of drug-likeness (QED) is 0.466. The lowest BCUT2D eigenvalue weighted by atomic mass is 9.98. The number of hydrogen-bond donors (Lipinski definition) is 0. The first-order valence-electron chi connectivity index (χ1n) is 7.03. The summed E-state index contributed by atoms with van der Waals surface area (Å²) in [7, 11) is 0. The second-order valence-corrected chi connectivity index (χ2v) is 5.16. The third kappa shape index (κ3) is 1.46. The van der Waals surface area contributed by atoms with E-state index >= 15 is 0 Å². The Labute approximate surface area is 123 Å². The molecule has 0 atom stereocenters. The average Bonchev–Trinajstić information content (AvgIpc) is 2.53. The van der Waals surface area contributed by atoms with Crippen molar-refractivity contribution in [1.29, 1.82) is 0 Å². The molecule has 4 heteroatoms. The predicted octanol–water partition coefficient (Wildman–Crippen LogP) is 2.09. The van der Waals surface area contributed by atoms with E-state index < -0.39 is 11.3 Å². The van der Waals surface area contributed by atoms with E-state index in [4.69, 9.17) is 8.83 Å². The van der Waals surface area contributed by atoms with Crippen LogP contribution in [0.3, 0.4) is 0 Å². The van der Waals surface area contributed by atoms with Gasteiger partial charge in [0, 0.05) is 16.0 Å². The SMILES string of the molecule is C/C=c1\c(=C/C)oc2ccc3c(=O)oc(=O)c4ccc1c2c34. The zero-order chi connectivity index (χ0) is 15.4. The fourth-order valence-electron chi connectivity index (χ4n) is 3.13. The van der Waals surface area contributed by atoms with Crippen molar-refractivity contribution in [3.8, 4) is 0 Å². The molecule has 0 radical (unpaired) electrons. The Bertz CT molecular complexity index is 1240. The molecule has 0 saturated carbocycles. The highest BCUT2D eigenvalue weighted by atomic mass is 16.4. The van der Waals surface area contributed by atoms with Gasteiger partial charge in [-0.05, 0) is 43.5 Å². The van der Waals surface area contributed by atoms with Crippen LogP contribution in [-0.4, -0.2) is 0 Å². The maximum absolute atomic E-state index is 12.0. The van der Waals surface area contributed by atoms with Gasteiger partial charge in [-0.25, -0.2) is 9.59 Å². The zero-order valence-corrected chi connectivity index (χ0v) is 12.1. The molecule has 0 fully saturated rings. The van der Waals surface area contributed by atoms with Gasteiger partial charge in [0.2, 0.25) is 0 Å². The topological polar surface area (TPSA) is 60.4 Å². The zero-order valence-electron chi connectivity index (χ0n) is 12.1. The maximum atomic E-state index is 12.0. The average molecular weight is 292 g/mol. The molecule has 2 aromatic heterocycles. The fourth-order valence-corrected chi connectivity index (χ4v) is 3.13. The summed E-state index contributed by atoms with van der Waals surface area (Å²) in [6.07, 6.45) is 3.86. The van der Waals surface area contributed by atoms with Crippen molar-refractivity contribution >= 4 is 44.7 Å². The molecular weight excluding hydrogens is 280 g/mol. The van der Waals surface area contributed by atoms with Gasteiger partial charge in [0.05, 0.1) is 10.8 Å². The largest absolute Gasteiger partial charge is 0.456 e. The number of rotatable bonds is 0. The van der Waals surface area contributed by atoms with Crippen LogP contribution >= 0.6 is 0 Å². The molecule has 0 spiro atoms. The van der Waals surface area contributed by atoms with Gasteiger partial charge in [-0.1, -0.05) is 12.1 Å². The lowest BCUT2D eigenvalue weighted by molar-refractivity contribution is 0.488. The van der Waals surface area contributed by atoms with E-state index in [1.165, 1.54) is 0 Å². The molecule has 0 aliphatic heterocycles. The highest BCUT2D eigenvalue weighted by Crippen LogP contribution is 2.29. The van der Waals surface area contributed by atoms with E-state index in [9.17, 15) is 9.59 Å². The molecule has 2 heterocycles. The maximum Gasteiger partial charge on any atom is 0.346 e. The smallest absolute Gasteiger partial charge is 0.346 e. The molecule has 4 rings (SSSR count). The summed E-state index contributed by atoms with van der Waals surface area (Å²) in [5, 5.41) is 4.12. The summed E-state index contributed by atoms with van der Waals surface area (Å²) >= 11 is 0. The third-order valence-electron chi connectivity index (χ3n) is 4.07. The van der Waals surface area contributed by atoms with Crippen LogP contribution in [0.4, 0.5) is 0 Å². The van der Waals surface area contributed by atoms with Crippen molar-refractivity contribution in [2.45, 2.75) is 13.8 Å². The molecule has 0 aliphatic rings. The molecule has 0 N–H and O–H groups in total. The first-order chi connectivity index (χ1) is 10.7. The first-order valence-corrected chi connectivity index (χ1v) is 7.03. The van der Waals surface area contributed by atoms with Gasteiger partial charge >= 0.3 is 11.3 Å². The van der Waals surface area contributed by atoms with Crippen molar-refractivity contribution in [3.05, 3.63) is 55.7 Å². The first kappa shape index (κ1) is 12.8. The minimum absolute atomic E-state index is 0.401. The van der Waals surface area contributed by atoms with Crippen LogP contribution in [0.15, 0.2) is 42.7 Å². The lowest BCUT2D eigenvalue weighted by Gasteiger charge is -2.09. The van der Waals surface area contributed by atoms with Crippen LogP contribution in [0, 0.1) is 0 Å². The molecule has 0 saturated heterocycles. The monoisotopic (exact) mass is 292 g/mol. The number of hydrogen-bond acceptors (Lipinski definition) is 4. The van der Waals surface area contributed by atoms with E-state index in [1.807, 2.05) is 32.1 Å². The fraction of sp³-hybridized carbons (Fsp3) is 0.111. The summed E-state index contributed by atoms with van der Waals surface area (Å²) in [4.78, 5) is 23.9. The van der Waals surface area contributed by atoms with Gasteiger partial charge < -0.3 is 8.83 Å². The summed E-state index contributed by atoms with van der Waals surface area (Å²) in [5.74, 6) is 0. The second kappa shape index (κ2) is 4.31. The standard InChI is InChI=1S/C18H12O4/c1-3-9-10-5-6-11-15-12(18(20)22-17(11)19)7-8-14(16(10)15)21-13(9)4-2/h3-8H,1-2H3/b9-3-,13-4+. The van der Waals surface area contributed by atoms with Gasteiger partial charge in [-0.3, -0.25) is 0 Å². The van der Waals surface area contributed by atoms with Crippen LogP contribution in [0.2, 0.25) is 0 Å². The van der Waals surface area contributed by atoms with Gasteiger partial charge in [0.15, 0.2) is 0 Å². The third-order valence-corrected chi connectivity index (χ3v) is 4.07. The predicted molar refractivity (Wildman–Crippen MR) is 86.7 cm³/mol. The Morgan fingerprint density at radius 3 is 2.05 bits per heavy atom. The van der Waals surface area contributed by atoms with Crippen LogP contribution in [-0.2, 0) is 0 Å². The Balaban J connectivity index is 2.54. The molecule has 0 unspecified atom stereocenters. The number of benzene rings is 2. The van der Waals surface area contributed by atoms with Crippen molar-refractivity contribution in [2.75, 3.05) is 0 Å². The van der Waals surface area contributed by atoms with E-state index in [0.29, 0.717) is 21.7 Å². The van der Waals surface area contributed by atoms with Gasteiger partial charge in [0.25, 0.3) is 0 Å².